The van der Waals surface area contributed by atoms with E-state index in [1.54, 1.807) is 10.7 Å². The zero-order valence-electron chi connectivity index (χ0n) is 26.0. The molecule has 11 rings (SSSR count). The van der Waals surface area contributed by atoms with Gasteiger partial charge < -0.3 is 24.2 Å². The summed E-state index contributed by atoms with van der Waals surface area (Å²) in [4.78, 5) is 27.2. The van der Waals surface area contributed by atoms with Gasteiger partial charge in [0.25, 0.3) is 0 Å². The summed E-state index contributed by atoms with van der Waals surface area (Å²) < 4.78 is 13.7. The molecule has 7 saturated heterocycles. The summed E-state index contributed by atoms with van der Waals surface area (Å²) in [5, 5.41) is 14.2. The number of pyridine rings is 2. The normalized spacial score (nSPS) is 30.8. The van der Waals surface area contributed by atoms with Crippen molar-refractivity contribution < 1.29 is 14.3 Å². The molecule has 8 fully saturated rings. The maximum atomic E-state index is 13.4. The lowest BCUT2D eigenvalue weighted by Gasteiger charge is -2.57. The van der Waals surface area contributed by atoms with Crippen LogP contribution < -0.4 is 9.64 Å². The Morgan fingerprint density at radius 1 is 1.07 bits per heavy atom. The number of fused-ring (bicyclic) bond motifs is 6. The number of carbonyl (C=O) groups excluding carboxylic acids is 1. The van der Waals surface area contributed by atoms with Crippen molar-refractivity contribution in [3.05, 3.63) is 42.4 Å². The largest absolute Gasteiger partial charge is 0.492 e. The number of piperazine rings is 1. The molecule has 0 radical (unpaired) electrons. The van der Waals surface area contributed by atoms with E-state index in [2.05, 4.69) is 56.7 Å². The average Bonchev–Trinajstić information content (AvgIpc) is 3.44. The summed E-state index contributed by atoms with van der Waals surface area (Å²) in [5.41, 5.74) is 3.47. The zero-order chi connectivity index (χ0) is 30.4. The number of aromatic nitrogens is 3. The maximum absolute atomic E-state index is 13.4. The quantitative estimate of drug-likeness (QED) is 0.376. The highest BCUT2D eigenvalue weighted by Crippen LogP contribution is 2.62. The summed E-state index contributed by atoms with van der Waals surface area (Å²) in [6.45, 7) is 11.8. The second-order valence-corrected chi connectivity index (χ2v) is 14.6. The third-order valence-electron chi connectivity index (χ3n) is 11.6. The first kappa shape index (κ1) is 27.4. The number of hydrogen-bond donors (Lipinski definition) is 0. The minimum absolute atomic E-state index is 0.236. The molecular weight excluding hydrogens is 568 g/mol. The van der Waals surface area contributed by atoms with E-state index in [4.69, 9.17) is 14.5 Å². The molecule has 234 valence electrons. The molecule has 0 aromatic carbocycles. The monoisotopic (exact) mass is 608 g/mol. The number of amides is 2. The van der Waals surface area contributed by atoms with Crippen molar-refractivity contribution in [2.24, 2.45) is 17.3 Å². The van der Waals surface area contributed by atoms with Gasteiger partial charge >= 0.3 is 6.03 Å². The van der Waals surface area contributed by atoms with Crippen LogP contribution in [0.25, 0.3) is 16.6 Å². The Morgan fingerprint density at radius 3 is 2.51 bits per heavy atom. The minimum atomic E-state index is 0.236. The molecule has 11 heteroatoms. The first-order valence-electron chi connectivity index (χ1n) is 16.6. The highest BCUT2D eigenvalue weighted by Gasteiger charge is 2.63. The number of nitriles is 1. The van der Waals surface area contributed by atoms with Crippen molar-refractivity contribution in [3.8, 4) is 22.9 Å². The number of carbonyl (C=O) groups is 1. The zero-order valence-corrected chi connectivity index (χ0v) is 26.0. The summed E-state index contributed by atoms with van der Waals surface area (Å²) >= 11 is 0. The van der Waals surface area contributed by atoms with Crippen LogP contribution in [0.1, 0.15) is 38.7 Å². The lowest BCUT2D eigenvalue weighted by molar-refractivity contribution is -0.180. The third-order valence-corrected chi connectivity index (χ3v) is 11.6. The molecule has 1 aliphatic carbocycles. The fourth-order valence-corrected chi connectivity index (χ4v) is 8.87. The van der Waals surface area contributed by atoms with E-state index in [1.807, 2.05) is 18.5 Å². The van der Waals surface area contributed by atoms with E-state index < -0.39 is 0 Å². The van der Waals surface area contributed by atoms with Gasteiger partial charge in [0.1, 0.15) is 17.6 Å². The van der Waals surface area contributed by atoms with E-state index in [-0.39, 0.29) is 18.1 Å². The maximum Gasteiger partial charge on any atom is 0.320 e. The van der Waals surface area contributed by atoms with Gasteiger partial charge in [0.15, 0.2) is 0 Å². The molecule has 0 N–H and O–H groups in total. The molecular formula is C34H40N8O3. The molecule has 0 spiro atoms. The fourth-order valence-electron chi connectivity index (χ4n) is 8.87. The van der Waals surface area contributed by atoms with Gasteiger partial charge in [-0.05, 0) is 48.3 Å². The molecule has 3 aromatic rings. The molecule has 6 atom stereocenters. The van der Waals surface area contributed by atoms with Crippen LogP contribution in [0.3, 0.4) is 0 Å². The van der Waals surface area contributed by atoms with Crippen molar-refractivity contribution in [2.75, 3.05) is 57.3 Å². The van der Waals surface area contributed by atoms with Crippen molar-refractivity contribution in [1.82, 2.24) is 29.3 Å². The summed E-state index contributed by atoms with van der Waals surface area (Å²) in [7, 11) is 0. The van der Waals surface area contributed by atoms with E-state index in [9.17, 15) is 10.1 Å². The van der Waals surface area contributed by atoms with Crippen LogP contribution in [0.2, 0.25) is 0 Å². The first-order valence-corrected chi connectivity index (χ1v) is 16.6. The van der Waals surface area contributed by atoms with E-state index in [1.165, 1.54) is 6.42 Å². The van der Waals surface area contributed by atoms with Crippen LogP contribution in [0, 0.1) is 28.6 Å². The molecule has 4 bridgehead atoms. The number of nitrogens with zero attached hydrogens (tertiary/aromatic N) is 8. The standard InChI is InChI=1S/C34H40N8O3/c1-34(2)29-19-40(20-30(29)34)33(43)42-23-8-24(42)15-39(14-23)31-5-4-21(12-36-31)28-10-25(18-41-32(28)22(11-35)13-37-41)44-7-3-6-38-16-26-9-27(17-38)45-26/h4-5,10,12-13,18,23-24,26-27,29-30H,3,6-9,14-17,19-20H2,1-2H3. The second kappa shape index (κ2) is 10.1. The van der Waals surface area contributed by atoms with E-state index >= 15 is 0 Å². The Labute approximate surface area is 263 Å². The number of likely N-dealkylation sites (tertiary alicyclic amines) is 1. The van der Waals surface area contributed by atoms with Gasteiger partial charge in [-0.1, -0.05) is 13.8 Å². The molecule has 3 aromatic heterocycles. The molecule has 1 saturated carbocycles. The molecule has 2 amide bonds. The Hall–Kier alpha value is -3.88. The lowest BCUT2D eigenvalue weighted by atomic mass is 9.87. The smallest absolute Gasteiger partial charge is 0.320 e. The Kier molecular flexibility index (Phi) is 6.13. The number of urea groups is 1. The van der Waals surface area contributed by atoms with Crippen LogP contribution >= 0.6 is 0 Å². The lowest BCUT2D eigenvalue weighted by Crippen LogP contribution is -2.72. The number of hydrogen-bond acceptors (Lipinski definition) is 8. The van der Waals surface area contributed by atoms with Crippen LogP contribution in [0.4, 0.5) is 10.6 Å². The van der Waals surface area contributed by atoms with Crippen molar-refractivity contribution in [3.63, 3.8) is 0 Å². The topological polar surface area (TPSA) is 102 Å². The second-order valence-electron chi connectivity index (χ2n) is 14.6. The molecule has 45 heavy (non-hydrogen) atoms. The van der Waals surface area contributed by atoms with E-state index in [0.29, 0.717) is 41.6 Å². The van der Waals surface area contributed by atoms with Crippen molar-refractivity contribution in [2.45, 2.75) is 57.4 Å². The van der Waals surface area contributed by atoms with Gasteiger partial charge in [0.2, 0.25) is 0 Å². The predicted octanol–water partition coefficient (Wildman–Crippen LogP) is 3.48. The van der Waals surface area contributed by atoms with Crippen LogP contribution in [-0.2, 0) is 4.74 Å². The van der Waals surface area contributed by atoms with Gasteiger partial charge in [-0.3, -0.25) is 4.90 Å². The Balaban J connectivity index is 0.866. The molecule has 6 unspecified atom stereocenters. The van der Waals surface area contributed by atoms with E-state index in [0.717, 1.165) is 86.9 Å². The molecule has 10 heterocycles. The molecule has 8 aliphatic rings. The fraction of sp³-hybridized carbons (Fsp3) is 0.588. The predicted molar refractivity (Wildman–Crippen MR) is 167 cm³/mol. The van der Waals surface area contributed by atoms with Crippen LogP contribution in [-0.4, -0.2) is 112 Å². The Bertz CT molecular complexity index is 1660. The highest BCUT2D eigenvalue weighted by atomic mass is 16.5. The average molecular weight is 609 g/mol. The number of piperidine rings is 3. The van der Waals surface area contributed by atoms with Crippen LogP contribution in [0.15, 0.2) is 36.8 Å². The highest BCUT2D eigenvalue weighted by molar-refractivity contribution is 5.85. The number of ether oxygens (including phenoxy) is 2. The summed E-state index contributed by atoms with van der Waals surface area (Å²) in [5.74, 6) is 2.99. The number of anilines is 1. The molecule has 7 aliphatic heterocycles. The first-order chi connectivity index (χ1) is 21.9. The minimum Gasteiger partial charge on any atom is -0.492 e. The van der Waals surface area contributed by atoms with Crippen LogP contribution in [0.5, 0.6) is 5.75 Å². The SMILES string of the molecule is CC1(C)C2CN(C(=O)N3C4CC3CN(c3ccc(-c5cc(OCCCN6CC7CC(C6)O7)cn6ncc(C#N)c56)cn3)C4)CC21. The Morgan fingerprint density at radius 2 is 1.82 bits per heavy atom. The summed E-state index contributed by atoms with van der Waals surface area (Å²) in [6, 6.07) is 9.14. The van der Waals surface area contributed by atoms with Gasteiger partial charge in [0.05, 0.1) is 54.4 Å². The number of morpholine rings is 1. The third kappa shape index (κ3) is 4.48. The van der Waals surface area contributed by atoms with Gasteiger partial charge in [-0.15, -0.1) is 0 Å². The summed E-state index contributed by atoms with van der Waals surface area (Å²) in [6.07, 6.45) is 9.39. The number of rotatable bonds is 7. The van der Waals surface area contributed by atoms with Crippen molar-refractivity contribution in [1.29, 1.82) is 5.26 Å². The van der Waals surface area contributed by atoms with Crippen molar-refractivity contribution >= 4 is 17.4 Å². The van der Waals surface area contributed by atoms with Gasteiger partial charge in [-0.2, -0.15) is 10.4 Å². The van der Waals surface area contributed by atoms with Gasteiger partial charge in [0, 0.05) is 69.6 Å². The van der Waals surface area contributed by atoms with Gasteiger partial charge in [-0.25, -0.2) is 14.3 Å². The molecule has 11 nitrogen and oxygen atoms in total.